The molecule has 0 N–H and O–H groups in total. The van der Waals surface area contributed by atoms with E-state index in [4.69, 9.17) is 0 Å². The van der Waals surface area contributed by atoms with Crippen molar-refractivity contribution < 1.29 is 0 Å². The minimum absolute atomic E-state index is 0.841. The molecule has 0 saturated heterocycles. The lowest BCUT2D eigenvalue weighted by atomic mass is 10.4. The van der Waals surface area contributed by atoms with Gasteiger partial charge in [0.05, 0.1) is 12.2 Å². The Bertz CT molecular complexity index is 290. The summed E-state index contributed by atoms with van der Waals surface area (Å²) >= 11 is 0. The SMILES string of the molecule is CC#CCCn1cc(CC)nn1. The molecular weight excluding hydrogens is 150 g/mol. The smallest absolute Gasteiger partial charge is 0.0824 e. The molecular formula is C9H13N3. The molecule has 1 heterocycles. The second-order valence-electron chi connectivity index (χ2n) is 2.50. The van der Waals surface area contributed by atoms with Gasteiger partial charge in [0.25, 0.3) is 0 Å². The molecule has 0 aliphatic heterocycles. The number of hydrogen-bond acceptors (Lipinski definition) is 2. The lowest BCUT2D eigenvalue weighted by Gasteiger charge is -1.91. The topological polar surface area (TPSA) is 30.7 Å². The van der Waals surface area contributed by atoms with Gasteiger partial charge in [-0.05, 0) is 13.3 Å². The molecule has 0 saturated carbocycles. The Kier molecular flexibility index (Phi) is 3.34. The van der Waals surface area contributed by atoms with Crippen molar-refractivity contribution in [1.82, 2.24) is 15.0 Å². The lowest BCUT2D eigenvalue weighted by Crippen LogP contribution is -1.97. The van der Waals surface area contributed by atoms with Crippen molar-refractivity contribution in [3.8, 4) is 11.8 Å². The third-order valence-electron chi connectivity index (χ3n) is 1.59. The highest BCUT2D eigenvalue weighted by atomic mass is 15.4. The minimum atomic E-state index is 0.841. The lowest BCUT2D eigenvalue weighted by molar-refractivity contribution is 0.601. The van der Waals surface area contributed by atoms with E-state index in [9.17, 15) is 0 Å². The van der Waals surface area contributed by atoms with E-state index in [2.05, 4.69) is 29.1 Å². The van der Waals surface area contributed by atoms with E-state index in [1.807, 2.05) is 17.8 Å². The summed E-state index contributed by atoms with van der Waals surface area (Å²) < 4.78 is 1.84. The molecule has 0 aromatic carbocycles. The quantitative estimate of drug-likeness (QED) is 0.628. The van der Waals surface area contributed by atoms with E-state index < -0.39 is 0 Å². The van der Waals surface area contributed by atoms with Gasteiger partial charge in [-0.3, -0.25) is 4.68 Å². The standard InChI is InChI=1S/C9H13N3/c1-3-5-6-7-12-8-9(4-2)10-11-12/h8H,4,6-7H2,1-2H3. The van der Waals surface area contributed by atoms with Crippen LogP contribution in [-0.2, 0) is 13.0 Å². The average molecular weight is 163 g/mol. The second kappa shape index (κ2) is 4.55. The van der Waals surface area contributed by atoms with Gasteiger partial charge >= 0.3 is 0 Å². The molecule has 0 bridgehead atoms. The predicted molar refractivity (Wildman–Crippen MR) is 47.5 cm³/mol. The normalized spacial score (nSPS) is 9.17. The molecule has 0 aliphatic carbocycles. The van der Waals surface area contributed by atoms with Crippen LogP contribution >= 0.6 is 0 Å². The van der Waals surface area contributed by atoms with Gasteiger partial charge in [-0.1, -0.05) is 12.1 Å². The first-order valence-electron chi connectivity index (χ1n) is 4.15. The molecule has 64 valence electrons. The monoisotopic (exact) mass is 163 g/mol. The summed E-state index contributed by atoms with van der Waals surface area (Å²) in [7, 11) is 0. The first kappa shape index (κ1) is 8.79. The summed E-state index contributed by atoms with van der Waals surface area (Å²) in [5, 5.41) is 7.94. The summed E-state index contributed by atoms with van der Waals surface area (Å²) in [6.07, 6.45) is 3.76. The molecule has 3 nitrogen and oxygen atoms in total. The maximum absolute atomic E-state index is 3.98. The first-order chi connectivity index (χ1) is 5.86. The summed E-state index contributed by atoms with van der Waals surface area (Å²) in [4.78, 5) is 0. The maximum Gasteiger partial charge on any atom is 0.0824 e. The van der Waals surface area contributed by atoms with Crippen LogP contribution in [0.5, 0.6) is 0 Å². The van der Waals surface area contributed by atoms with E-state index in [0.29, 0.717) is 0 Å². The number of aryl methyl sites for hydroxylation is 2. The zero-order chi connectivity index (χ0) is 8.81. The van der Waals surface area contributed by atoms with Crippen LogP contribution < -0.4 is 0 Å². The number of hydrogen-bond donors (Lipinski definition) is 0. The van der Waals surface area contributed by atoms with E-state index >= 15 is 0 Å². The largest absolute Gasteiger partial charge is 0.251 e. The van der Waals surface area contributed by atoms with Crippen LogP contribution in [0.25, 0.3) is 0 Å². The second-order valence-corrected chi connectivity index (χ2v) is 2.50. The number of nitrogens with zero attached hydrogens (tertiary/aromatic N) is 3. The summed E-state index contributed by atoms with van der Waals surface area (Å²) in [6.45, 7) is 4.76. The molecule has 3 heteroatoms. The van der Waals surface area contributed by atoms with E-state index in [1.165, 1.54) is 0 Å². The van der Waals surface area contributed by atoms with Crippen molar-refractivity contribution in [2.24, 2.45) is 0 Å². The molecule has 0 fully saturated rings. The van der Waals surface area contributed by atoms with Crippen LogP contribution in [0.4, 0.5) is 0 Å². The summed E-state index contributed by atoms with van der Waals surface area (Å²) in [6, 6.07) is 0. The minimum Gasteiger partial charge on any atom is -0.251 e. The van der Waals surface area contributed by atoms with Gasteiger partial charge in [0.2, 0.25) is 0 Å². The van der Waals surface area contributed by atoms with Gasteiger partial charge in [-0.2, -0.15) is 0 Å². The highest BCUT2D eigenvalue weighted by molar-refractivity contribution is 4.96. The third-order valence-corrected chi connectivity index (χ3v) is 1.59. The van der Waals surface area contributed by atoms with Crippen molar-refractivity contribution in [1.29, 1.82) is 0 Å². The summed E-state index contributed by atoms with van der Waals surface area (Å²) in [5.74, 6) is 5.83. The van der Waals surface area contributed by atoms with Crippen LogP contribution in [0.1, 0.15) is 26.0 Å². The molecule has 0 amide bonds. The van der Waals surface area contributed by atoms with Gasteiger partial charge in [-0.15, -0.1) is 16.9 Å². The third kappa shape index (κ3) is 2.39. The zero-order valence-corrected chi connectivity index (χ0v) is 7.54. The number of rotatable bonds is 3. The van der Waals surface area contributed by atoms with Crippen molar-refractivity contribution in [2.45, 2.75) is 33.2 Å². The molecule has 0 unspecified atom stereocenters. The predicted octanol–water partition coefficient (Wildman–Crippen LogP) is 1.25. The van der Waals surface area contributed by atoms with Gasteiger partial charge in [0.1, 0.15) is 0 Å². The first-order valence-corrected chi connectivity index (χ1v) is 4.15. The van der Waals surface area contributed by atoms with Gasteiger partial charge in [-0.25, -0.2) is 0 Å². The molecule has 1 aromatic heterocycles. The van der Waals surface area contributed by atoms with Crippen LogP contribution in [0, 0.1) is 11.8 Å². The van der Waals surface area contributed by atoms with Crippen molar-refractivity contribution in [2.75, 3.05) is 0 Å². The Morgan fingerprint density at radius 3 is 3.00 bits per heavy atom. The van der Waals surface area contributed by atoms with Crippen LogP contribution in [0.15, 0.2) is 6.20 Å². The molecule has 0 atom stereocenters. The molecule has 12 heavy (non-hydrogen) atoms. The van der Waals surface area contributed by atoms with Crippen LogP contribution in [-0.4, -0.2) is 15.0 Å². The van der Waals surface area contributed by atoms with Crippen molar-refractivity contribution >= 4 is 0 Å². The van der Waals surface area contributed by atoms with E-state index in [-0.39, 0.29) is 0 Å². The average Bonchev–Trinajstić information content (AvgIpc) is 2.53. The Morgan fingerprint density at radius 2 is 2.42 bits per heavy atom. The summed E-state index contributed by atoms with van der Waals surface area (Å²) in [5.41, 5.74) is 1.04. The zero-order valence-electron chi connectivity index (χ0n) is 7.54. The van der Waals surface area contributed by atoms with Gasteiger partial charge in [0, 0.05) is 12.6 Å². The Hall–Kier alpha value is -1.30. The maximum atomic E-state index is 3.98. The molecule has 1 rings (SSSR count). The molecule has 0 spiro atoms. The van der Waals surface area contributed by atoms with Crippen LogP contribution in [0.2, 0.25) is 0 Å². The fourth-order valence-electron chi connectivity index (χ4n) is 0.905. The molecule has 0 radical (unpaired) electrons. The van der Waals surface area contributed by atoms with E-state index in [0.717, 1.165) is 25.1 Å². The fraction of sp³-hybridized carbons (Fsp3) is 0.556. The number of aromatic nitrogens is 3. The van der Waals surface area contributed by atoms with Crippen LogP contribution in [0.3, 0.4) is 0 Å². The molecule has 0 aliphatic rings. The highest BCUT2D eigenvalue weighted by Gasteiger charge is 1.95. The molecule has 1 aromatic rings. The van der Waals surface area contributed by atoms with Crippen molar-refractivity contribution in [3.63, 3.8) is 0 Å². The Morgan fingerprint density at radius 1 is 1.58 bits per heavy atom. The van der Waals surface area contributed by atoms with Gasteiger partial charge < -0.3 is 0 Å². The fourth-order valence-corrected chi connectivity index (χ4v) is 0.905. The Balaban J connectivity index is 2.45. The van der Waals surface area contributed by atoms with Crippen molar-refractivity contribution in [3.05, 3.63) is 11.9 Å². The Labute approximate surface area is 72.8 Å². The van der Waals surface area contributed by atoms with E-state index in [1.54, 1.807) is 0 Å². The highest BCUT2D eigenvalue weighted by Crippen LogP contribution is 1.94. The van der Waals surface area contributed by atoms with Gasteiger partial charge in [0.15, 0.2) is 0 Å².